The SMILES string of the molecule is CCc1nc(C)sc1C(=O)N1CCO[C@H](c2ccccc2)C1. The van der Waals surface area contributed by atoms with E-state index in [1.54, 1.807) is 0 Å². The minimum Gasteiger partial charge on any atom is -0.370 e. The number of amides is 1. The van der Waals surface area contributed by atoms with Crippen LogP contribution in [0.15, 0.2) is 30.3 Å². The largest absolute Gasteiger partial charge is 0.370 e. The average Bonchev–Trinajstić information content (AvgIpc) is 2.96. The summed E-state index contributed by atoms with van der Waals surface area (Å²) in [5.74, 6) is 0.0895. The van der Waals surface area contributed by atoms with Crippen LogP contribution in [0.4, 0.5) is 0 Å². The van der Waals surface area contributed by atoms with Crippen LogP contribution in [0.1, 0.15) is 39.0 Å². The molecule has 1 saturated heterocycles. The number of ether oxygens (including phenoxy) is 1. The first-order valence-corrected chi connectivity index (χ1v) is 8.42. The van der Waals surface area contributed by atoms with Crippen molar-refractivity contribution in [2.75, 3.05) is 19.7 Å². The average molecular weight is 316 g/mol. The standard InChI is InChI=1S/C17H20N2O2S/c1-3-14-16(22-12(2)18-14)17(20)19-9-10-21-15(11-19)13-7-5-4-6-8-13/h4-8,15H,3,9-11H2,1-2H3/t15-/m0/s1. The molecule has 1 aliphatic rings. The highest BCUT2D eigenvalue weighted by Gasteiger charge is 2.28. The molecular formula is C17H20N2O2S. The van der Waals surface area contributed by atoms with Crippen molar-refractivity contribution in [3.8, 4) is 0 Å². The van der Waals surface area contributed by atoms with Crippen molar-refractivity contribution < 1.29 is 9.53 Å². The molecule has 0 radical (unpaired) electrons. The molecular weight excluding hydrogens is 296 g/mol. The Balaban J connectivity index is 1.78. The third kappa shape index (κ3) is 3.05. The van der Waals surface area contributed by atoms with Crippen molar-refractivity contribution in [3.63, 3.8) is 0 Å². The van der Waals surface area contributed by atoms with E-state index in [0.717, 1.165) is 27.6 Å². The third-order valence-electron chi connectivity index (χ3n) is 3.86. The highest BCUT2D eigenvalue weighted by atomic mass is 32.1. The van der Waals surface area contributed by atoms with Gasteiger partial charge in [0.05, 0.1) is 23.9 Å². The van der Waals surface area contributed by atoms with Gasteiger partial charge in [0, 0.05) is 6.54 Å². The zero-order valence-corrected chi connectivity index (χ0v) is 13.7. The zero-order chi connectivity index (χ0) is 15.5. The smallest absolute Gasteiger partial charge is 0.266 e. The molecule has 1 atom stereocenters. The second-order valence-electron chi connectivity index (χ2n) is 5.38. The molecule has 5 heteroatoms. The number of aromatic nitrogens is 1. The number of benzene rings is 1. The van der Waals surface area contributed by atoms with Crippen LogP contribution in [-0.2, 0) is 11.2 Å². The topological polar surface area (TPSA) is 42.4 Å². The van der Waals surface area contributed by atoms with Gasteiger partial charge in [-0.25, -0.2) is 4.98 Å². The van der Waals surface area contributed by atoms with Gasteiger partial charge < -0.3 is 9.64 Å². The summed E-state index contributed by atoms with van der Waals surface area (Å²) in [6.07, 6.45) is 0.746. The Kier molecular flexibility index (Phi) is 4.55. The minimum absolute atomic E-state index is 0.0435. The van der Waals surface area contributed by atoms with Gasteiger partial charge in [-0.15, -0.1) is 11.3 Å². The normalized spacial score (nSPS) is 18.5. The Hall–Kier alpha value is -1.72. The highest BCUT2D eigenvalue weighted by Crippen LogP contribution is 2.26. The van der Waals surface area contributed by atoms with Crippen LogP contribution in [0.25, 0.3) is 0 Å². The lowest BCUT2D eigenvalue weighted by Gasteiger charge is -2.33. The summed E-state index contributed by atoms with van der Waals surface area (Å²) in [4.78, 5) is 20.0. The molecule has 0 N–H and O–H groups in total. The first kappa shape index (κ1) is 15.2. The lowest BCUT2D eigenvalue weighted by molar-refractivity contribution is -0.0227. The number of hydrogen-bond donors (Lipinski definition) is 0. The molecule has 2 aromatic rings. The van der Waals surface area contributed by atoms with Crippen LogP contribution in [0.5, 0.6) is 0 Å². The molecule has 0 saturated carbocycles. The molecule has 1 amide bonds. The molecule has 1 fully saturated rings. The van der Waals surface area contributed by atoms with Crippen molar-refractivity contribution in [2.24, 2.45) is 0 Å². The number of hydrogen-bond acceptors (Lipinski definition) is 4. The molecule has 116 valence electrons. The molecule has 0 bridgehead atoms. The van der Waals surface area contributed by atoms with Crippen molar-refractivity contribution in [1.29, 1.82) is 0 Å². The maximum atomic E-state index is 12.8. The second kappa shape index (κ2) is 6.58. The maximum absolute atomic E-state index is 12.8. The first-order valence-electron chi connectivity index (χ1n) is 7.61. The Morgan fingerprint density at radius 2 is 2.18 bits per heavy atom. The van der Waals surface area contributed by atoms with Crippen LogP contribution in [-0.4, -0.2) is 35.5 Å². The Morgan fingerprint density at radius 1 is 1.41 bits per heavy atom. The van der Waals surface area contributed by atoms with Gasteiger partial charge in [-0.1, -0.05) is 37.3 Å². The minimum atomic E-state index is -0.0435. The van der Waals surface area contributed by atoms with Crippen LogP contribution in [0.2, 0.25) is 0 Å². The van der Waals surface area contributed by atoms with Gasteiger partial charge in [-0.05, 0) is 18.9 Å². The van der Waals surface area contributed by atoms with Crippen molar-refractivity contribution in [1.82, 2.24) is 9.88 Å². The summed E-state index contributed by atoms with van der Waals surface area (Å²) >= 11 is 1.49. The molecule has 0 aliphatic carbocycles. The Bertz CT molecular complexity index is 654. The van der Waals surface area contributed by atoms with Gasteiger partial charge in [0.2, 0.25) is 0 Å². The molecule has 22 heavy (non-hydrogen) atoms. The number of rotatable bonds is 3. The lowest BCUT2D eigenvalue weighted by atomic mass is 10.1. The van der Waals surface area contributed by atoms with Gasteiger partial charge in [0.15, 0.2) is 0 Å². The number of aryl methyl sites for hydroxylation is 2. The van der Waals surface area contributed by atoms with E-state index in [9.17, 15) is 4.79 Å². The van der Waals surface area contributed by atoms with Gasteiger partial charge >= 0.3 is 0 Å². The monoisotopic (exact) mass is 316 g/mol. The third-order valence-corrected chi connectivity index (χ3v) is 4.86. The summed E-state index contributed by atoms with van der Waals surface area (Å²) in [5.41, 5.74) is 2.03. The van der Waals surface area contributed by atoms with E-state index in [2.05, 4.69) is 4.98 Å². The van der Waals surface area contributed by atoms with E-state index in [4.69, 9.17) is 4.74 Å². The summed E-state index contributed by atoms with van der Waals surface area (Å²) in [6.45, 7) is 5.81. The number of morpholine rings is 1. The van der Waals surface area contributed by atoms with Crippen LogP contribution in [0, 0.1) is 6.92 Å². The van der Waals surface area contributed by atoms with Crippen LogP contribution < -0.4 is 0 Å². The van der Waals surface area contributed by atoms with Gasteiger partial charge in [0.25, 0.3) is 5.91 Å². The predicted molar refractivity (Wildman–Crippen MR) is 87.3 cm³/mol. The maximum Gasteiger partial charge on any atom is 0.266 e. The molecule has 2 heterocycles. The summed E-state index contributed by atoms with van der Waals surface area (Å²) < 4.78 is 5.84. The van der Waals surface area contributed by atoms with Gasteiger partial charge in [0.1, 0.15) is 11.0 Å². The van der Waals surface area contributed by atoms with Gasteiger partial charge in [-0.2, -0.15) is 0 Å². The van der Waals surface area contributed by atoms with Crippen molar-refractivity contribution in [2.45, 2.75) is 26.4 Å². The molecule has 0 unspecified atom stereocenters. The predicted octanol–water partition coefficient (Wildman–Crippen LogP) is 3.23. The quantitative estimate of drug-likeness (QED) is 0.873. The fourth-order valence-electron chi connectivity index (χ4n) is 2.72. The summed E-state index contributed by atoms with van der Waals surface area (Å²) in [5, 5.41) is 0.952. The molecule has 1 aromatic carbocycles. The van der Waals surface area contributed by atoms with Gasteiger partial charge in [-0.3, -0.25) is 4.79 Å². The molecule has 1 aliphatic heterocycles. The van der Waals surface area contributed by atoms with Crippen LogP contribution >= 0.6 is 11.3 Å². The van der Waals surface area contributed by atoms with Crippen molar-refractivity contribution in [3.05, 3.63) is 51.5 Å². The van der Waals surface area contributed by atoms with Crippen molar-refractivity contribution >= 4 is 17.2 Å². The van der Waals surface area contributed by atoms with E-state index in [0.29, 0.717) is 19.7 Å². The van der Waals surface area contributed by atoms with E-state index < -0.39 is 0 Å². The number of carbonyl (C=O) groups is 1. The fraction of sp³-hybridized carbons (Fsp3) is 0.412. The van der Waals surface area contributed by atoms with E-state index in [1.807, 2.05) is 49.1 Å². The first-order chi connectivity index (χ1) is 10.7. The lowest BCUT2D eigenvalue weighted by Crippen LogP contribution is -2.42. The summed E-state index contributed by atoms with van der Waals surface area (Å²) in [6, 6.07) is 10.1. The molecule has 3 rings (SSSR count). The zero-order valence-electron chi connectivity index (χ0n) is 12.9. The van der Waals surface area contributed by atoms with E-state index in [1.165, 1.54) is 11.3 Å². The van der Waals surface area contributed by atoms with E-state index in [-0.39, 0.29) is 12.0 Å². The molecule has 4 nitrogen and oxygen atoms in total. The van der Waals surface area contributed by atoms with E-state index >= 15 is 0 Å². The Morgan fingerprint density at radius 3 is 2.91 bits per heavy atom. The summed E-state index contributed by atoms with van der Waals surface area (Å²) in [7, 11) is 0. The number of thiazole rings is 1. The Labute approximate surface area is 134 Å². The fourth-order valence-corrected chi connectivity index (χ4v) is 3.70. The van der Waals surface area contributed by atoms with Crippen LogP contribution in [0.3, 0.4) is 0 Å². The molecule has 1 aromatic heterocycles. The number of carbonyl (C=O) groups excluding carboxylic acids is 1. The molecule has 0 spiro atoms. The number of nitrogens with zero attached hydrogens (tertiary/aromatic N) is 2. The second-order valence-corrected chi connectivity index (χ2v) is 6.59. The highest BCUT2D eigenvalue weighted by molar-refractivity contribution is 7.13.